The first-order valence-electron chi connectivity index (χ1n) is 6.05. The van der Waals surface area contributed by atoms with E-state index in [4.69, 9.17) is 11.0 Å². The third-order valence-corrected chi connectivity index (χ3v) is 2.69. The molecule has 4 heteroatoms. The number of nitrogens with zero attached hydrogens (tertiary/aromatic N) is 2. The molecule has 0 radical (unpaired) electrons. The molecule has 4 nitrogen and oxygen atoms in total. The van der Waals surface area contributed by atoms with Gasteiger partial charge in [-0.2, -0.15) is 5.26 Å². The van der Waals surface area contributed by atoms with Crippen molar-refractivity contribution in [3.63, 3.8) is 0 Å². The highest BCUT2D eigenvalue weighted by molar-refractivity contribution is 5.52. The van der Waals surface area contributed by atoms with Gasteiger partial charge in [-0.1, -0.05) is 19.8 Å². The summed E-state index contributed by atoms with van der Waals surface area (Å²) >= 11 is 0. The number of anilines is 1. The molecule has 92 valence electrons. The van der Waals surface area contributed by atoms with Crippen LogP contribution >= 0.6 is 0 Å². The van der Waals surface area contributed by atoms with Crippen LogP contribution < -0.4 is 11.1 Å². The summed E-state index contributed by atoms with van der Waals surface area (Å²) in [6.45, 7) is 4.62. The van der Waals surface area contributed by atoms with Gasteiger partial charge in [0.2, 0.25) is 0 Å². The monoisotopic (exact) mass is 232 g/mol. The Labute approximate surface area is 103 Å². The van der Waals surface area contributed by atoms with Crippen LogP contribution in [0.25, 0.3) is 0 Å². The van der Waals surface area contributed by atoms with Crippen LogP contribution in [0.3, 0.4) is 0 Å². The second kappa shape index (κ2) is 6.87. The minimum atomic E-state index is 0.191. The van der Waals surface area contributed by atoms with Gasteiger partial charge in [0.25, 0.3) is 0 Å². The molecular weight excluding hydrogens is 212 g/mol. The topological polar surface area (TPSA) is 74.7 Å². The Morgan fingerprint density at radius 3 is 2.88 bits per heavy atom. The lowest BCUT2D eigenvalue weighted by atomic mass is 10.1. The van der Waals surface area contributed by atoms with Crippen LogP contribution in [-0.4, -0.2) is 17.6 Å². The summed E-state index contributed by atoms with van der Waals surface area (Å²) in [6, 6.07) is 5.96. The van der Waals surface area contributed by atoms with Gasteiger partial charge in [-0.15, -0.1) is 0 Å². The van der Waals surface area contributed by atoms with Crippen LogP contribution in [0.4, 0.5) is 5.82 Å². The number of pyridine rings is 1. The predicted molar refractivity (Wildman–Crippen MR) is 69.7 cm³/mol. The van der Waals surface area contributed by atoms with Crippen molar-refractivity contribution in [2.45, 2.75) is 39.2 Å². The Kier molecular flexibility index (Phi) is 5.44. The highest BCUT2D eigenvalue weighted by Crippen LogP contribution is 2.14. The highest BCUT2D eigenvalue weighted by atomic mass is 15.0. The lowest BCUT2D eigenvalue weighted by Crippen LogP contribution is -2.29. The van der Waals surface area contributed by atoms with E-state index in [0.29, 0.717) is 17.9 Å². The third kappa shape index (κ3) is 4.04. The third-order valence-electron chi connectivity index (χ3n) is 2.69. The van der Waals surface area contributed by atoms with E-state index in [-0.39, 0.29) is 6.04 Å². The number of nitriles is 1. The van der Waals surface area contributed by atoms with Gasteiger partial charge in [0.1, 0.15) is 11.9 Å². The fourth-order valence-corrected chi connectivity index (χ4v) is 1.65. The zero-order valence-corrected chi connectivity index (χ0v) is 10.5. The van der Waals surface area contributed by atoms with Crippen molar-refractivity contribution in [2.75, 3.05) is 11.9 Å². The summed E-state index contributed by atoms with van der Waals surface area (Å²) in [4.78, 5) is 4.35. The number of hydrogen-bond donors (Lipinski definition) is 2. The molecular formula is C13H20N4. The summed E-state index contributed by atoms with van der Waals surface area (Å²) in [5, 5.41) is 12.3. The number of aromatic nitrogens is 1. The van der Waals surface area contributed by atoms with Gasteiger partial charge in [-0.25, -0.2) is 4.98 Å². The van der Waals surface area contributed by atoms with E-state index in [1.807, 2.05) is 13.0 Å². The zero-order valence-electron chi connectivity index (χ0n) is 10.5. The van der Waals surface area contributed by atoms with Crippen molar-refractivity contribution in [2.24, 2.45) is 5.73 Å². The van der Waals surface area contributed by atoms with Gasteiger partial charge in [0.05, 0.1) is 5.56 Å². The molecule has 1 aromatic rings. The average Bonchev–Trinajstić information content (AvgIpc) is 2.34. The molecule has 0 saturated heterocycles. The van der Waals surface area contributed by atoms with Crippen LogP contribution in [-0.2, 0) is 0 Å². The molecule has 0 fully saturated rings. The lowest BCUT2D eigenvalue weighted by Gasteiger charge is -2.18. The number of nitrogens with two attached hydrogens (primary N) is 1. The van der Waals surface area contributed by atoms with Crippen molar-refractivity contribution in [1.29, 1.82) is 5.26 Å². The molecule has 1 unspecified atom stereocenters. The van der Waals surface area contributed by atoms with E-state index in [2.05, 4.69) is 23.3 Å². The normalized spacial score (nSPS) is 11.9. The van der Waals surface area contributed by atoms with Crippen molar-refractivity contribution >= 4 is 5.82 Å². The predicted octanol–water partition coefficient (Wildman–Crippen LogP) is 2.19. The second-order valence-corrected chi connectivity index (χ2v) is 4.18. The molecule has 0 aliphatic heterocycles. The smallest absolute Gasteiger partial charge is 0.144 e. The van der Waals surface area contributed by atoms with E-state index in [1.165, 1.54) is 0 Å². The quantitative estimate of drug-likeness (QED) is 0.788. The molecule has 0 spiro atoms. The molecule has 1 aromatic heterocycles. The first-order valence-corrected chi connectivity index (χ1v) is 6.05. The second-order valence-electron chi connectivity index (χ2n) is 4.18. The van der Waals surface area contributed by atoms with Crippen LogP contribution in [0, 0.1) is 18.3 Å². The number of unbranched alkanes of at least 4 members (excludes halogenated alkanes) is 1. The van der Waals surface area contributed by atoms with Crippen LogP contribution in [0.1, 0.15) is 37.4 Å². The largest absolute Gasteiger partial charge is 0.365 e. The van der Waals surface area contributed by atoms with E-state index >= 15 is 0 Å². The van der Waals surface area contributed by atoms with Crippen molar-refractivity contribution < 1.29 is 0 Å². The average molecular weight is 232 g/mol. The van der Waals surface area contributed by atoms with Crippen LogP contribution in [0.15, 0.2) is 12.1 Å². The minimum Gasteiger partial charge on any atom is -0.365 e. The Bertz CT molecular complexity index is 395. The Morgan fingerprint density at radius 1 is 1.53 bits per heavy atom. The molecule has 0 saturated carbocycles. The minimum absolute atomic E-state index is 0.191. The molecule has 0 bridgehead atoms. The Morgan fingerprint density at radius 2 is 2.29 bits per heavy atom. The molecule has 0 aliphatic rings. The lowest BCUT2D eigenvalue weighted by molar-refractivity contribution is 0.612. The van der Waals surface area contributed by atoms with E-state index < -0.39 is 0 Å². The summed E-state index contributed by atoms with van der Waals surface area (Å²) in [6.07, 6.45) is 3.28. The van der Waals surface area contributed by atoms with Crippen molar-refractivity contribution in [3.8, 4) is 6.07 Å². The van der Waals surface area contributed by atoms with Gasteiger partial charge in [0.15, 0.2) is 0 Å². The van der Waals surface area contributed by atoms with Gasteiger partial charge >= 0.3 is 0 Å². The standard InChI is InChI=1S/C13H20N4/c1-3-4-5-12(9-15)17-13-11(8-14)7-6-10(2)16-13/h6-7,12H,3-5,9,15H2,1-2H3,(H,16,17). The molecule has 0 aliphatic carbocycles. The summed E-state index contributed by atoms with van der Waals surface area (Å²) in [7, 11) is 0. The Balaban J connectivity index is 2.78. The van der Waals surface area contributed by atoms with Gasteiger partial charge < -0.3 is 11.1 Å². The summed E-state index contributed by atoms with van der Waals surface area (Å²) < 4.78 is 0. The Hall–Kier alpha value is -1.60. The number of hydrogen-bond acceptors (Lipinski definition) is 4. The van der Waals surface area contributed by atoms with Gasteiger partial charge in [0, 0.05) is 18.3 Å². The molecule has 1 heterocycles. The first-order chi connectivity index (χ1) is 8.21. The summed E-state index contributed by atoms with van der Waals surface area (Å²) in [5.41, 5.74) is 7.19. The van der Waals surface area contributed by atoms with Gasteiger partial charge in [-0.3, -0.25) is 0 Å². The van der Waals surface area contributed by atoms with Crippen molar-refractivity contribution in [3.05, 3.63) is 23.4 Å². The maximum absolute atomic E-state index is 9.01. The van der Waals surface area contributed by atoms with E-state index in [1.54, 1.807) is 6.07 Å². The van der Waals surface area contributed by atoms with E-state index in [9.17, 15) is 0 Å². The number of nitrogens with one attached hydrogen (secondary N) is 1. The fourth-order valence-electron chi connectivity index (χ4n) is 1.65. The van der Waals surface area contributed by atoms with Crippen LogP contribution in [0.5, 0.6) is 0 Å². The fraction of sp³-hybridized carbons (Fsp3) is 0.538. The summed E-state index contributed by atoms with van der Waals surface area (Å²) in [5.74, 6) is 0.652. The molecule has 17 heavy (non-hydrogen) atoms. The number of aryl methyl sites for hydroxylation is 1. The molecule has 1 atom stereocenters. The maximum Gasteiger partial charge on any atom is 0.144 e. The molecule has 0 aromatic carbocycles. The van der Waals surface area contributed by atoms with Gasteiger partial charge in [-0.05, 0) is 25.5 Å². The molecule has 0 amide bonds. The SMILES string of the molecule is CCCCC(CN)Nc1nc(C)ccc1C#N. The maximum atomic E-state index is 9.01. The van der Waals surface area contributed by atoms with E-state index in [0.717, 1.165) is 25.0 Å². The molecule has 1 rings (SSSR count). The number of rotatable bonds is 6. The van der Waals surface area contributed by atoms with Crippen molar-refractivity contribution in [1.82, 2.24) is 4.98 Å². The van der Waals surface area contributed by atoms with Crippen LogP contribution in [0.2, 0.25) is 0 Å². The molecule has 3 N–H and O–H groups in total. The highest BCUT2D eigenvalue weighted by Gasteiger charge is 2.10. The zero-order chi connectivity index (χ0) is 12.7. The first kappa shape index (κ1) is 13.5.